The maximum absolute atomic E-state index is 11.1. The number of benzene rings is 1. The Labute approximate surface area is 106 Å². The fraction of sp³-hybridized carbons (Fsp3) is 0.500. The summed E-state index contributed by atoms with van der Waals surface area (Å²) in [4.78, 5) is 12.6. The third kappa shape index (κ3) is 3.10. The molecule has 0 aliphatic heterocycles. The van der Waals surface area contributed by atoms with Crippen LogP contribution in [0.2, 0.25) is 0 Å². The van der Waals surface area contributed by atoms with Crippen molar-refractivity contribution in [1.82, 2.24) is 0 Å². The number of nitro groups is 1. The highest BCUT2D eigenvalue weighted by molar-refractivity contribution is 5.75. The van der Waals surface area contributed by atoms with Gasteiger partial charge >= 0.3 is 5.69 Å². The van der Waals surface area contributed by atoms with Crippen LogP contribution in [0.1, 0.15) is 13.8 Å². The quantitative estimate of drug-likeness (QED) is 0.476. The Balaban J connectivity index is 3.19. The minimum Gasteiger partial charge on any atom is -0.393 e. The number of nitrogens with zero attached hydrogens (tertiary/aromatic N) is 2. The fourth-order valence-electron chi connectivity index (χ4n) is 1.83. The van der Waals surface area contributed by atoms with E-state index in [4.69, 9.17) is 10.5 Å². The Bertz CT molecular complexity index is 421. The van der Waals surface area contributed by atoms with E-state index in [9.17, 15) is 10.1 Å². The van der Waals surface area contributed by atoms with E-state index in [1.54, 1.807) is 19.2 Å². The van der Waals surface area contributed by atoms with E-state index in [2.05, 4.69) is 0 Å². The van der Waals surface area contributed by atoms with E-state index in [0.29, 0.717) is 18.8 Å². The number of hydrogen-bond donors (Lipinski definition) is 1. The summed E-state index contributed by atoms with van der Waals surface area (Å²) in [7, 11) is 1.60. The summed E-state index contributed by atoms with van der Waals surface area (Å²) in [6, 6.07) is 5.10. The van der Waals surface area contributed by atoms with Gasteiger partial charge in [0, 0.05) is 19.7 Å². The van der Waals surface area contributed by atoms with Crippen LogP contribution in [-0.4, -0.2) is 31.2 Å². The summed E-state index contributed by atoms with van der Waals surface area (Å²) in [5.74, 6) is 0. The number of ether oxygens (including phenoxy) is 1. The first-order valence-electron chi connectivity index (χ1n) is 5.77. The van der Waals surface area contributed by atoms with Crippen LogP contribution >= 0.6 is 0 Å². The second-order valence-corrected chi connectivity index (χ2v) is 4.25. The predicted molar refractivity (Wildman–Crippen MR) is 71.9 cm³/mol. The molecule has 1 aromatic rings. The zero-order valence-electron chi connectivity index (χ0n) is 10.9. The van der Waals surface area contributed by atoms with E-state index < -0.39 is 4.92 Å². The number of nitro benzene ring substituents is 1. The molecule has 0 radical (unpaired) electrons. The first-order valence-corrected chi connectivity index (χ1v) is 5.77. The molecular weight excluding hydrogens is 234 g/mol. The van der Waals surface area contributed by atoms with Crippen LogP contribution in [0.3, 0.4) is 0 Å². The van der Waals surface area contributed by atoms with Crippen LogP contribution in [0.5, 0.6) is 0 Å². The van der Waals surface area contributed by atoms with Gasteiger partial charge in [-0.1, -0.05) is 6.07 Å². The highest BCUT2D eigenvalue weighted by Gasteiger charge is 2.23. The molecule has 0 bridgehead atoms. The van der Waals surface area contributed by atoms with Gasteiger partial charge in [0.25, 0.3) is 0 Å². The SMILES string of the molecule is COCCN(c1cccc(N)c1[N+](=O)[O-])C(C)C. The summed E-state index contributed by atoms with van der Waals surface area (Å²) >= 11 is 0. The van der Waals surface area contributed by atoms with Crippen LogP contribution in [0.4, 0.5) is 17.1 Å². The van der Waals surface area contributed by atoms with E-state index in [1.807, 2.05) is 18.7 Å². The normalized spacial score (nSPS) is 10.7. The summed E-state index contributed by atoms with van der Waals surface area (Å²) in [6.07, 6.45) is 0. The van der Waals surface area contributed by atoms with Crippen LogP contribution < -0.4 is 10.6 Å². The summed E-state index contributed by atoms with van der Waals surface area (Å²) < 4.78 is 5.03. The lowest BCUT2D eigenvalue weighted by Crippen LogP contribution is -2.34. The Morgan fingerprint density at radius 1 is 1.50 bits per heavy atom. The minimum absolute atomic E-state index is 0.0395. The number of methoxy groups -OCH3 is 1. The summed E-state index contributed by atoms with van der Waals surface area (Å²) in [5.41, 5.74) is 6.37. The summed E-state index contributed by atoms with van der Waals surface area (Å²) in [5, 5.41) is 11.1. The molecule has 0 atom stereocenters. The average Bonchev–Trinajstić information content (AvgIpc) is 2.28. The lowest BCUT2D eigenvalue weighted by molar-refractivity contribution is -0.383. The van der Waals surface area contributed by atoms with Crippen LogP contribution in [-0.2, 0) is 4.74 Å². The average molecular weight is 253 g/mol. The second-order valence-electron chi connectivity index (χ2n) is 4.25. The topological polar surface area (TPSA) is 81.6 Å². The monoisotopic (exact) mass is 253 g/mol. The Morgan fingerprint density at radius 2 is 2.17 bits per heavy atom. The standard InChI is InChI=1S/C12H19N3O3/c1-9(2)14(7-8-18-3)11-6-4-5-10(13)12(11)15(16)17/h4-6,9H,7-8,13H2,1-3H3. The zero-order chi connectivity index (χ0) is 13.7. The maximum atomic E-state index is 11.1. The van der Waals surface area contributed by atoms with Gasteiger partial charge in [0.15, 0.2) is 0 Å². The van der Waals surface area contributed by atoms with Crippen molar-refractivity contribution in [3.8, 4) is 0 Å². The number of nitrogen functional groups attached to an aromatic ring is 1. The van der Waals surface area contributed by atoms with Gasteiger partial charge in [0.05, 0.1) is 11.5 Å². The molecule has 0 aromatic heterocycles. The van der Waals surface area contributed by atoms with Gasteiger partial charge in [-0.25, -0.2) is 0 Å². The van der Waals surface area contributed by atoms with E-state index in [0.717, 1.165) is 0 Å². The van der Waals surface area contributed by atoms with Crippen molar-refractivity contribution in [2.24, 2.45) is 0 Å². The van der Waals surface area contributed by atoms with Crippen molar-refractivity contribution in [3.05, 3.63) is 28.3 Å². The van der Waals surface area contributed by atoms with E-state index in [1.165, 1.54) is 6.07 Å². The second kappa shape index (κ2) is 6.20. The van der Waals surface area contributed by atoms with Crippen molar-refractivity contribution in [1.29, 1.82) is 0 Å². The number of para-hydroxylation sites is 1. The molecule has 6 heteroatoms. The van der Waals surface area contributed by atoms with Gasteiger partial charge in [-0.3, -0.25) is 10.1 Å². The predicted octanol–water partition coefficient (Wildman–Crippen LogP) is 2.04. The van der Waals surface area contributed by atoms with E-state index >= 15 is 0 Å². The molecule has 0 unspecified atom stereocenters. The van der Waals surface area contributed by atoms with Gasteiger partial charge in [0.1, 0.15) is 11.4 Å². The van der Waals surface area contributed by atoms with Gasteiger partial charge in [-0.15, -0.1) is 0 Å². The lowest BCUT2D eigenvalue weighted by Gasteiger charge is -2.28. The molecule has 0 saturated carbocycles. The lowest BCUT2D eigenvalue weighted by atomic mass is 10.2. The smallest absolute Gasteiger partial charge is 0.315 e. The Morgan fingerprint density at radius 3 is 2.67 bits per heavy atom. The molecule has 6 nitrogen and oxygen atoms in total. The number of rotatable bonds is 6. The maximum Gasteiger partial charge on any atom is 0.315 e. The van der Waals surface area contributed by atoms with Crippen molar-refractivity contribution in [2.75, 3.05) is 30.9 Å². The molecule has 1 aromatic carbocycles. The fourth-order valence-corrected chi connectivity index (χ4v) is 1.83. The third-order valence-corrected chi connectivity index (χ3v) is 2.70. The van der Waals surface area contributed by atoms with Crippen molar-refractivity contribution in [2.45, 2.75) is 19.9 Å². The number of nitrogens with two attached hydrogens (primary N) is 1. The minimum atomic E-state index is -0.438. The molecule has 0 spiro atoms. The molecule has 0 fully saturated rings. The first-order chi connectivity index (χ1) is 8.49. The zero-order valence-corrected chi connectivity index (χ0v) is 10.9. The van der Waals surface area contributed by atoms with Crippen molar-refractivity contribution < 1.29 is 9.66 Å². The molecule has 0 amide bonds. The van der Waals surface area contributed by atoms with Gasteiger partial charge in [-0.2, -0.15) is 0 Å². The van der Waals surface area contributed by atoms with Gasteiger partial charge in [0.2, 0.25) is 0 Å². The molecule has 0 aliphatic carbocycles. The van der Waals surface area contributed by atoms with E-state index in [-0.39, 0.29) is 17.4 Å². The third-order valence-electron chi connectivity index (χ3n) is 2.70. The van der Waals surface area contributed by atoms with Gasteiger partial charge in [-0.05, 0) is 26.0 Å². The molecule has 0 heterocycles. The number of hydrogen-bond acceptors (Lipinski definition) is 5. The largest absolute Gasteiger partial charge is 0.393 e. The molecule has 0 aliphatic rings. The molecule has 1 rings (SSSR count). The highest BCUT2D eigenvalue weighted by atomic mass is 16.6. The van der Waals surface area contributed by atoms with Crippen LogP contribution in [0.25, 0.3) is 0 Å². The van der Waals surface area contributed by atoms with Crippen molar-refractivity contribution >= 4 is 17.1 Å². The highest BCUT2D eigenvalue weighted by Crippen LogP contribution is 2.34. The molecular formula is C12H19N3O3. The molecule has 0 saturated heterocycles. The molecule has 18 heavy (non-hydrogen) atoms. The summed E-state index contributed by atoms with van der Waals surface area (Å²) in [6.45, 7) is 5.04. The van der Waals surface area contributed by atoms with Crippen molar-refractivity contribution in [3.63, 3.8) is 0 Å². The number of anilines is 2. The molecule has 100 valence electrons. The van der Waals surface area contributed by atoms with Gasteiger partial charge < -0.3 is 15.4 Å². The first kappa shape index (κ1) is 14.2. The molecule has 2 N–H and O–H groups in total. The Hall–Kier alpha value is -1.82. The van der Waals surface area contributed by atoms with Crippen LogP contribution in [0, 0.1) is 10.1 Å². The van der Waals surface area contributed by atoms with Crippen LogP contribution in [0.15, 0.2) is 18.2 Å². The Kier molecular flexibility index (Phi) is 4.91.